The highest BCUT2D eigenvalue weighted by Gasteiger charge is 2.41. The normalized spacial score (nSPS) is 15.4. The van der Waals surface area contributed by atoms with Crippen LogP contribution >= 0.6 is 12.4 Å². The van der Waals surface area contributed by atoms with E-state index in [0.29, 0.717) is 34.7 Å². The second kappa shape index (κ2) is 12.8. The molecular weight excluding hydrogens is 592 g/mol. The highest BCUT2D eigenvalue weighted by atomic mass is 35.5. The summed E-state index contributed by atoms with van der Waals surface area (Å²) in [6.45, 7) is 7.74. The summed E-state index contributed by atoms with van der Waals surface area (Å²) >= 11 is 0. The van der Waals surface area contributed by atoms with Crippen LogP contribution in [-0.2, 0) is 21.2 Å². The number of amides is 1. The molecule has 0 saturated heterocycles. The first kappa shape index (κ1) is 31.3. The zero-order chi connectivity index (χ0) is 30.1. The molecule has 1 atom stereocenters. The zero-order valence-corrected chi connectivity index (χ0v) is 26.8. The number of nitrogens with one attached hydrogen (secondary N) is 2. The van der Waals surface area contributed by atoms with Crippen molar-refractivity contribution in [2.24, 2.45) is 4.99 Å². The molecule has 4 aromatic carbocycles. The zero-order valence-electron chi connectivity index (χ0n) is 25.1. The second-order valence-electron chi connectivity index (χ2n) is 11.3. The van der Waals surface area contributed by atoms with Crippen LogP contribution in [0.25, 0.3) is 11.1 Å². The van der Waals surface area contributed by atoms with E-state index >= 15 is 0 Å². The number of para-hydroxylation sites is 1. The molecule has 2 heterocycles. The lowest BCUT2D eigenvalue weighted by Gasteiger charge is -2.39. The Morgan fingerprint density at radius 3 is 2.27 bits per heavy atom. The molecule has 0 saturated carbocycles. The predicted molar refractivity (Wildman–Crippen MR) is 179 cm³/mol. The fourth-order valence-corrected chi connectivity index (χ4v) is 8.47. The molecule has 1 unspecified atom stereocenters. The summed E-state index contributed by atoms with van der Waals surface area (Å²) in [5.74, 6) is 0.725. The number of aliphatic imine (C=N–C) groups is 1. The first-order chi connectivity index (χ1) is 20.7. The minimum absolute atomic E-state index is 0. The van der Waals surface area contributed by atoms with Gasteiger partial charge in [-0.15, -0.1) is 12.4 Å². The lowest BCUT2D eigenvalue weighted by atomic mass is 9.88. The number of halogens is 1. The van der Waals surface area contributed by atoms with E-state index in [9.17, 15) is 13.2 Å². The largest absolute Gasteiger partial charge is 0.368 e. The highest BCUT2D eigenvalue weighted by molar-refractivity contribution is 7.93. The summed E-state index contributed by atoms with van der Waals surface area (Å²) < 4.78 is 30.7. The highest BCUT2D eigenvalue weighted by Crippen LogP contribution is 2.48. The molecule has 7 nitrogen and oxygen atoms in total. The van der Waals surface area contributed by atoms with E-state index in [4.69, 9.17) is 0 Å². The summed E-state index contributed by atoms with van der Waals surface area (Å²) in [6, 6.07) is 26.6. The van der Waals surface area contributed by atoms with Gasteiger partial charge in [0.15, 0.2) is 0 Å². The number of carbonyl (C=O) groups is 1. The Bertz CT molecular complexity index is 1810. The number of sulfonamides is 1. The van der Waals surface area contributed by atoms with Gasteiger partial charge in [-0.3, -0.25) is 14.1 Å². The van der Waals surface area contributed by atoms with E-state index in [1.807, 2.05) is 93.6 Å². The van der Waals surface area contributed by atoms with E-state index < -0.39 is 16.1 Å². The second-order valence-corrected chi connectivity index (χ2v) is 13.1. The fourth-order valence-electron chi connectivity index (χ4n) is 6.40. The third kappa shape index (κ3) is 5.97. The van der Waals surface area contributed by atoms with Crippen molar-refractivity contribution < 1.29 is 13.2 Å². The van der Waals surface area contributed by atoms with Gasteiger partial charge >= 0.3 is 0 Å². The van der Waals surface area contributed by atoms with Crippen molar-refractivity contribution in [2.45, 2.75) is 44.6 Å². The van der Waals surface area contributed by atoms with E-state index in [2.05, 4.69) is 27.8 Å². The number of aryl methyl sites for hydroxylation is 3. The maximum atomic E-state index is 14.6. The Morgan fingerprint density at radius 1 is 0.932 bits per heavy atom. The lowest BCUT2D eigenvalue weighted by Crippen LogP contribution is -2.41. The van der Waals surface area contributed by atoms with Crippen molar-refractivity contribution >= 4 is 39.9 Å². The summed E-state index contributed by atoms with van der Waals surface area (Å²) in [5.41, 5.74) is 7.74. The Hall–Kier alpha value is -4.14. The number of benzene rings is 4. The van der Waals surface area contributed by atoms with Gasteiger partial charge in [0, 0.05) is 24.2 Å². The number of carbonyl (C=O) groups excluding carboxylic acids is 1. The molecule has 4 aromatic rings. The molecule has 0 bridgehead atoms. The number of hydrogen-bond acceptors (Lipinski definition) is 5. The van der Waals surface area contributed by atoms with Crippen LogP contribution < -0.4 is 14.9 Å². The molecule has 1 amide bonds. The molecule has 0 radical (unpaired) electrons. The summed E-state index contributed by atoms with van der Waals surface area (Å²) in [7, 11) is -4.03. The molecule has 0 fully saturated rings. The van der Waals surface area contributed by atoms with Crippen LogP contribution in [0.5, 0.6) is 0 Å². The minimum Gasteiger partial charge on any atom is -0.368 e. The van der Waals surface area contributed by atoms with Gasteiger partial charge in [-0.05, 0) is 61.1 Å². The Labute approximate surface area is 265 Å². The van der Waals surface area contributed by atoms with Crippen molar-refractivity contribution in [1.82, 2.24) is 10.6 Å². The average Bonchev–Trinajstić information content (AvgIpc) is 3.52. The van der Waals surface area contributed by atoms with Gasteiger partial charge < -0.3 is 10.6 Å². The number of amidine groups is 1. The maximum Gasteiger partial charge on any atom is 0.265 e. The number of nitrogens with zero attached hydrogens (tertiary/aromatic N) is 2. The smallest absolute Gasteiger partial charge is 0.265 e. The SMILES string of the molecule is Cc1cc(C)c(S(=O)(=O)N2c3ccccc3-c3ccccc3C2CC(=O)NCCc2ccc(C3=NCCN3)cc2)c(C)c1.Cl. The molecule has 44 heavy (non-hydrogen) atoms. The van der Waals surface area contributed by atoms with Crippen LogP contribution in [0.4, 0.5) is 5.69 Å². The van der Waals surface area contributed by atoms with E-state index in [0.717, 1.165) is 52.3 Å². The summed E-state index contributed by atoms with van der Waals surface area (Å²) in [6.07, 6.45) is 0.665. The predicted octanol–water partition coefficient (Wildman–Crippen LogP) is 6.05. The minimum atomic E-state index is -4.03. The lowest BCUT2D eigenvalue weighted by molar-refractivity contribution is -0.121. The maximum absolute atomic E-state index is 14.6. The summed E-state index contributed by atoms with van der Waals surface area (Å²) in [4.78, 5) is 18.2. The molecule has 2 aliphatic rings. The van der Waals surface area contributed by atoms with Gasteiger partial charge in [0.05, 0.1) is 29.6 Å². The van der Waals surface area contributed by atoms with Crippen molar-refractivity contribution in [3.63, 3.8) is 0 Å². The Balaban J connectivity index is 0.00000384. The van der Waals surface area contributed by atoms with Gasteiger partial charge in [-0.1, -0.05) is 84.4 Å². The van der Waals surface area contributed by atoms with Crippen molar-refractivity contribution in [1.29, 1.82) is 0 Å². The number of fused-ring (bicyclic) bond motifs is 3. The van der Waals surface area contributed by atoms with Crippen LogP contribution in [0.15, 0.2) is 94.8 Å². The molecule has 2 aliphatic heterocycles. The molecule has 2 N–H and O–H groups in total. The van der Waals surface area contributed by atoms with Crippen molar-refractivity contribution in [3.8, 4) is 11.1 Å². The molecule has 0 spiro atoms. The standard InChI is InChI=1S/C35H36N4O3S.ClH/c1-23-20-24(2)34(25(3)21-23)43(41,42)39-31-11-7-6-9-29(31)28-8-4-5-10-30(28)32(39)22-33(40)36-17-16-26-12-14-27(15-13-26)35-37-18-19-38-35;/h4-15,20-21,32H,16-19,22H2,1-3H3,(H,36,40)(H,37,38);1H. The van der Waals surface area contributed by atoms with Crippen molar-refractivity contribution in [3.05, 3.63) is 118 Å². The van der Waals surface area contributed by atoms with Gasteiger partial charge in [-0.25, -0.2) is 8.42 Å². The topological polar surface area (TPSA) is 90.9 Å². The van der Waals surface area contributed by atoms with E-state index in [1.165, 1.54) is 4.31 Å². The van der Waals surface area contributed by atoms with E-state index in [1.54, 1.807) is 0 Å². The first-order valence-corrected chi connectivity index (χ1v) is 16.1. The Morgan fingerprint density at radius 2 is 1.59 bits per heavy atom. The third-order valence-corrected chi connectivity index (χ3v) is 10.3. The van der Waals surface area contributed by atoms with Crippen LogP contribution in [0.2, 0.25) is 0 Å². The number of hydrogen-bond donors (Lipinski definition) is 2. The van der Waals surface area contributed by atoms with E-state index in [-0.39, 0.29) is 24.7 Å². The molecular formula is C35H37ClN4O3S. The average molecular weight is 629 g/mol. The fraction of sp³-hybridized carbons (Fsp3) is 0.257. The number of anilines is 1. The first-order valence-electron chi connectivity index (χ1n) is 14.7. The van der Waals surface area contributed by atoms with Crippen LogP contribution in [0, 0.1) is 20.8 Å². The van der Waals surface area contributed by atoms with Crippen LogP contribution in [0.3, 0.4) is 0 Å². The molecule has 9 heteroatoms. The molecule has 0 aliphatic carbocycles. The van der Waals surface area contributed by atoms with Gasteiger partial charge in [0.1, 0.15) is 5.84 Å². The van der Waals surface area contributed by atoms with Gasteiger partial charge in [0.2, 0.25) is 5.91 Å². The van der Waals surface area contributed by atoms with Gasteiger partial charge in [-0.2, -0.15) is 0 Å². The Kier molecular flexibility index (Phi) is 9.13. The van der Waals surface area contributed by atoms with Crippen LogP contribution in [0.1, 0.15) is 45.8 Å². The molecule has 228 valence electrons. The molecule has 6 rings (SSSR count). The number of rotatable bonds is 8. The quantitative estimate of drug-likeness (QED) is 0.249. The molecule has 0 aromatic heterocycles. The van der Waals surface area contributed by atoms with Crippen LogP contribution in [-0.4, -0.2) is 39.8 Å². The third-order valence-electron chi connectivity index (χ3n) is 8.17. The monoisotopic (exact) mass is 628 g/mol. The van der Waals surface area contributed by atoms with Gasteiger partial charge in [0.25, 0.3) is 10.0 Å². The van der Waals surface area contributed by atoms with Crippen molar-refractivity contribution in [2.75, 3.05) is 23.9 Å². The summed E-state index contributed by atoms with van der Waals surface area (Å²) in [5, 5.41) is 6.33.